The topological polar surface area (TPSA) is 47.6 Å². The molecule has 64 valence electrons. The molecule has 0 aromatic heterocycles. The summed E-state index contributed by atoms with van der Waals surface area (Å²) in [6.07, 6.45) is 0.952. The molecule has 0 spiro atoms. The molecule has 0 saturated carbocycles. The summed E-state index contributed by atoms with van der Waals surface area (Å²) in [4.78, 5) is 11.0. The summed E-state index contributed by atoms with van der Waals surface area (Å²) < 4.78 is 9.73. The fraction of sp³-hybridized carbons (Fsp3) is 0.857. The Hall–Kier alpha value is -0.610. The number of hydrogen-bond donors (Lipinski definition) is 1. The number of carbonyl (C=O) groups excluding carboxylic acids is 1. The van der Waals surface area contributed by atoms with Crippen molar-refractivity contribution in [1.82, 2.24) is 5.32 Å². The minimum absolute atomic E-state index is 0.244. The second-order valence-corrected chi connectivity index (χ2v) is 2.46. The molecule has 0 bridgehead atoms. The number of rotatable bonds is 1. The zero-order valence-electron chi connectivity index (χ0n) is 6.63. The highest BCUT2D eigenvalue weighted by atomic mass is 16.5. The number of hydrogen-bond acceptors (Lipinski definition) is 4. The van der Waals surface area contributed by atoms with E-state index in [0.29, 0.717) is 6.61 Å². The van der Waals surface area contributed by atoms with Gasteiger partial charge in [0.05, 0.1) is 13.7 Å². The molecular weight excluding hydrogens is 146 g/mol. The van der Waals surface area contributed by atoms with Crippen molar-refractivity contribution in [1.29, 1.82) is 0 Å². The van der Waals surface area contributed by atoms with Gasteiger partial charge in [-0.1, -0.05) is 0 Å². The van der Waals surface area contributed by atoms with Crippen molar-refractivity contribution < 1.29 is 14.3 Å². The van der Waals surface area contributed by atoms with Crippen LogP contribution in [0.5, 0.6) is 0 Å². The van der Waals surface area contributed by atoms with E-state index in [-0.39, 0.29) is 12.0 Å². The van der Waals surface area contributed by atoms with Gasteiger partial charge in [-0.2, -0.15) is 0 Å². The largest absolute Gasteiger partial charge is 0.468 e. The Kier molecular flexibility index (Phi) is 3.32. The molecule has 0 radical (unpaired) electrons. The van der Waals surface area contributed by atoms with Crippen LogP contribution >= 0.6 is 0 Å². The molecule has 0 aliphatic carbocycles. The Morgan fingerprint density at radius 1 is 1.73 bits per heavy atom. The van der Waals surface area contributed by atoms with Crippen LogP contribution < -0.4 is 5.32 Å². The molecule has 1 aliphatic heterocycles. The molecule has 0 aromatic carbocycles. The van der Waals surface area contributed by atoms with Crippen molar-refractivity contribution in [3.05, 3.63) is 0 Å². The van der Waals surface area contributed by atoms with Gasteiger partial charge >= 0.3 is 5.97 Å². The van der Waals surface area contributed by atoms with E-state index >= 15 is 0 Å². The summed E-state index contributed by atoms with van der Waals surface area (Å²) in [6.45, 7) is 1.97. The van der Waals surface area contributed by atoms with Gasteiger partial charge < -0.3 is 14.8 Å². The average molecular weight is 159 g/mol. The summed E-state index contributed by atoms with van der Waals surface area (Å²) in [6, 6.07) is -0.275. The van der Waals surface area contributed by atoms with Crippen LogP contribution in [0.3, 0.4) is 0 Å². The third-order valence-electron chi connectivity index (χ3n) is 1.63. The van der Waals surface area contributed by atoms with Gasteiger partial charge in [-0.05, 0) is 13.0 Å². The molecule has 1 aliphatic rings. The quantitative estimate of drug-likeness (QED) is 0.526. The van der Waals surface area contributed by atoms with Crippen molar-refractivity contribution >= 4 is 5.97 Å². The molecule has 4 nitrogen and oxygen atoms in total. The van der Waals surface area contributed by atoms with Crippen LogP contribution in [0, 0.1) is 0 Å². The van der Waals surface area contributed by atoms with E-state index in [1.165, 1.54) is 7.11 Å². The van der Waals surface area contributed by atoms with Crippen LogP contribution in [0.25, 0.3) is 0 Å². The van der Waals surface area contributed by atoms with Crippen LogP contribution in [-0.4, -0.2) is 38.9 Å². The highest BCUT2D eigenvalue weighted by Crippen LogP contribution is 1.96. The van der Waals surface area contributed by atoms with Crippen molar-refractivity contribution in [3.63, 3.8) is 0 Å². The predicted octanol–water partition coefficient (Wildman–Crippen LogP) is -0.462. The molecule has 1 heterocycles. The van der Waals surface area contributed by atoms with Crippen molar-refractivity contribution in [3.8, 4) is 0 Å². The van der Waals surface area contributed by atoms with E-state index < -0.39 is 0 Å². The van der Waals surface area contributed by atoms with E-state index in [1.54, 1.807) is 0 Å². The minimum Gasteiger partial charge on any atom is -0.468 e. The maximum Gasteiger partial charge on any atom is 0.325 e. The fourth-order valence-electron chi connectivity index (χ4n) is 1.00. The zero-order valence-corrected chi connectivity index (χ0v) is 6.63. The maximum atomic E-state index is 11.0. The molecule has 1 fully saturated rings. The zero-order chi connectivity index (χ0) is 8.10. The van der Waals surface area contributed by atoms with Gasteiger partial charge in [0.2, 0.25) is 0 Å². The number of nitrogens with one attached hydrogen (secondary N) is 1. The monoisotopic (exact) mass is 159 g/mol. The lowest BCUT2D eigenvalue weighted by Gasteiger charge is -2.11. The van der Waals surface area contributed by atoms with Gasteiger partial charge in [0.25, 0.3) is 0 Å². The van der Waals surface area contributed by atoms with E-state index in [2.05, 4.69) is 10.1 Å². The molecular formula is C7H13NO3. The lowest BCUT2D eigenvalue weighted by molar-refractivity contribution is -0.144. The molecule has 1 saturated heterocycles. The predicted molar refractivity (Wildman–Crippen MR) is 39.2 cm³/mol. The van der Waals surface area contributed by atoms with Crippen molar-refractivity contribution in [2.24, 2.45) is 0 Å². The lowest BCUT2D eigenvalue weighted by Crippen LogP contribution is -2.39. The number of ether oxygens (including phenoxy) is 2. The smallest absolute Gasteiger partial charge is 0.325 e. The Balaban J connectivity index is 2.36. The maximum absolute atomic E-state index is 11.0. The molecule has 4 heteroatoms. The first-order valence-corrected chi connectivity index (χ1v) is 3.73. The number of carbonyl (C=O) groups is 1. The third kappa shape index (κ3) is 2.48. The van der Waals surface area contributed by atoms with Crippen LogP contribution in [0.2, 0.25) is 0 Å². The first-order chi connectivity index (χ1) is 5.34. The third-order valence-corrected chi connectivity index (χ3v) is 1.63. The van der Waals surface area contributed by atoms with Crippen molar-refractivity contribution in [2.45, 2.75) is 12.5 Å². The second kappa shape index (κ2) is 4.31. The van der Waals surface area contributed by atoms with Gasteiger partial charge in [-0.3, -0.25) is 4.79 Å². The van der Waals surface area contributed by atoms with Gasteiger partial charge in [0.1, 0.15) is 6.04 Å². The molecule has 11 heavy (non-hydrogen) atoms. The van der Waals surface area contributed by atoms with E-state index in [4.69, 9.17) is 4.74 Å². The Morgan fingerprint density at radius 2 is 2.55 bits per heavy atom. The van der Waals surface area contributed by atoms with Gasteiger partial charge in [0.15, 0.2) is 0 Å². The van der Waals surface area contributed by atoms with Crippen LogP contribution in [0.1, 0.15) is 6.42 Å². The highest BCUT2D eigenvalue weighted by molar-refractivity contribution is 5.75. The average Bonchev–Trinajstić information content (AvgIpc) is 2.30. The normalized spacial score (nSPS) is 25.7. The summed E-state index contributed by atoms with van der Waals surface area (Å²) in [7, 11) is 1.38. The van der Waals surface area contributed by atoms with Gasteiger partial charge in [0, 0.05) is 6.61 Å². The Bertz CT molecular complexity index is 130. The summed E-state index contributed by atoms with van der Waals surface area (Å²) in [5, 5.41) is 3.03. The molecule has 0 aromatic rings. The number of methoxy groups -OCH3 is 1. The number of esters is 1. The van der Waals surface area contributed by atoms with E-state index in [1.807, 2.05) is 0 Å². The lowest BCUT2D eigenvalue weighted by atomic mass is 10.3. The van der Waals surface area contributed by atoms with Crippen LogP contribution in [-0.2, 0) is 14.3 Å². The Morgan fingerprint density at radius 3 is 3.27 bits per heavy atom. The SMILES string of the molecule is COC(=O)[C@@H]1COCCCN1. The van der Waals surface area contributed by atoms with Gasteiger partial charge in [-0.25, -0.2) is 0 Å². The fourth-order valence-corrected chi connectivity index (χ4v) is 1.00. The first kappa shape index (κ1) is 8.49. The summed E-state index contributed by atoms with van der Waals surface area (Å²) >= 11 is 0. The standard InChI is InChI=1S/C7H13NO3/c1-10-7(9)6-5-11-4-2-3-8-6/h6,8H,2-5H2,1H3/t6-/m0/s1. The van der Waals surface area contributed by atoms with Crippen LogP contribution in [0.4, 0.5) is 0 Å². The van der Waals surface area contributed by atoms with E-state index in [9.17, 15) is 4.79 Å². The van der Waals surface area contributed by atoms with Crippen molar-refractivity contribution in [2.75, 3.05) is 26.9 Å². The molecule has 1 N–H and O–H groups in total. The molecule has 0 unspecified atom stereocenters. The molecule has 0 amide bonds. The molecule has 1 rings (SSSR count). The summed E-state index contributed by atoms with van der Waals surface area (Å²) in [5.74, 6) is -0.244. The minimum atomic E-state index is -0.275. The van der Waals surface area contributed by atoms with E-state index in [0.717, 1.165) is 19.6 Å². The van der Waals surface area contributed by atoms with Crippen LogP contribution in [0.15, 0.2) is 0 Å². The van der Waals surface area contributed by atoms with Gasteiger partial charge in [-0.15, -0.1) is 0 Å². The highest BCUT2D eigenvalue weighted by Gasteiger charge is 2.19. The summed E-state index contributed by atoms with van der Waals surface area (Å²) in [5.41, 5.74) is 0. The molecule has 1 atom stereocenters. The second-order valence-electron chi connectivity index (χ2n) is 2.46. The Labute approximate surface area is 65.9 Å². The first-order valence-electron chi connectivity index (χ1n) is 3.73.